The Bertz CT molecular complexity index is 789. The van der Waals surface area contributed by atoms with Gasteiger partial charge in [-0.05, 0) is 48.0 Å². The number of carbonyl (C=O) groups is 2. The van der Waals surface area contributed by atoms with Crippen LogP contribution in [0.4, 0.5) is 11.4 Å². The summed E-state index contributed by atoms with van der Waals surface area (Å²) in [5, 5.41) is 3.46. The summed E-state index contributed by atoms with van der Waals surface area (Å²) in [5.74, 6) is 0.426. The van der Waals surface area contributed by atoms with Gasteiger partial charge in [-0.3, -0.25) is 9.59 Å². The fraction of sp³-hybridized carbons (Fsp3) is 0.222. The molecule has 2 aromatic rings. The van der Waals surface area contributed by atoms with Gasteiger partial charge in [0.05, 0.1) is 0 Å². The topological polar surface area (TPSA) is 58.6 Å². The van der Waals surface area contributed by atoms with Crippen LogP contribution in [0.5, 0.6) is 5.75 Å². The van der Waals surface area contributed by atoms with E-state index in [4.69, 9.17) is 16.3 Å². The lowest BCUT2D eigenvalue weighted by Crippen LogP contribution is -2.31. The highest BCUT2D eigenvalue weighted by molar-refractivity contribution is 6.30. The number of nitrogens with one attached hydrogen (secondary N) is 1. The smallest absolute Gasteiger partial charge is 0.265 e. The molecule has 0 spiro atoms. The molecule has 0 bridgehead atoms. The van der Waals surface area contributed by atoms with E-state index < -0.39 is 6.10 Å². The van der Waals surface area contributed by atoms with E-state index >= 15 is 0 Å². The van der Waals surface area contributed by atoms with Crippen molar-refractivity contribution in [1.29, 1.82) is 0 Å². The lowest BCUT2D eigenvalue weighted by Gasteiger charge is -2.16. The molecular weight excluding hydrogens is 328 g/mol. The summed E-state index contributed by atoms with van der Waals surface area (Å²) in [5.41, 5.74) is 2.35. The van der Waals surface area contributed by atoms with Crippen LogP contribution in [0.15, 0.2) is 42.5 Å². The number of halogens is 1. The van der Waals surface area contributed by atoms with Gasteiger partial charge in [0.15, 0.2) is 6.10 Å². The Kier molecular flexibility index (Phi) is 4.44. The molecule has 0 aromatic heterocycles. The highest BCUT2D eigenvalue weighted by atomic mass is 35.5. The number of hydrogen-bond acceptors (Lipinski definition) is 3. The summed E-state index contributed by atoms with van der Waals surface area (Å²) < 4.78 is 5.67. The van der Waals surface area contributed by atoms with E-state index in [2.05, 4.69) is 5.32 Å². The molecule has 0 aliphatic carbocycles. The number of anilines is 2. The van der Waals surface area contributed by atoms with Crippen LogP contribution in [0.25, 0.3) is 0 Å². The van der Waals surface area contributed by atoms with Crippen LogP contribution in [0.3, 0.4) is 0 Å². The first kappa shape index (κ1) is 16.3. The maximum absolute atomic E-state index is 12.4. The van der Waals surface area contributed by atoms with Crippen molar-refractivity contribution in [3.63, 3.8) is 0 Å². The summed E-state index contributed by atoms with van der Waals surface area (Å²) in [4.78, 5) is 25.2. The van der Waals surface area contributed by atoms with Gasteiger partial charge in [-0.25, -0.2) is 0 Å². The van der Waals surface area contributed by atoms with Crippen molar-refractivity contribution in [2.75, 3.05) is 17.3 Å². The molecule has 1 aliphatic heterocycles. The molecule has 2 aromatic carbocycles. The van der Waals surface area contributed by atoms with Crippen LogP contribution in [0, 0.1) is 0 Å². The second-order valence-corrected chi connectivity index (χ2v) is 6.11. The Labute approximate surface area is 145 Å². The standard InChI is InChI=1S/C18H17ClN2O3/c1-11(22)21(2)15-6-4-14(5-7-15)20-18(23)17-10-12-9-13(19)3-8-16(12)24-17/h3-9,17H,10H2,1-2H3,(H,20,23)/t17-/m1/s1. The first-order chi connectivity index (χ1) is 11.4. The molecule has 0 saturated carbocycles. The fourth-order valence-corrected chi connectivity index (χ4v) is 2.73. The number of carbonyl (C=O) groups excluding carboxylic acids is 2. The quantitative estimate of drug-likeness (QED) is 0.929. The monoisotopic (exact) mass is 344 g/mol. The maximum atomic E-state index is 12.4. The van der Waals surface area contributed by atoms with E-state index in [-0.39, 0.29) is 11.8 Å². The molecule has 1 N–H and O–H groups in total. The van der Waals surface area contributed by atoms with Gasteiger partial charge in [0, 0.05) is 36.8 Å². The van der Waals surface area contributed by atoms with Crippen LogP contribution >= 0.6 is 11.6 Å². The van der Waals surface area contributed by atoms with E-state index in [0.717, 1.165) is 11.3 Å². The average molecular weight is 345 g/mol. The lowest BCUT2D eigenvalue weighted by atomic mass is 10.1. The van der Waals surface area contributed by atoms with Crippen LogP contribution < -0.4 is 15.0 Å². The Morgan fingerprint density at radius 1 is 1.21 bits per heavy atom. The van der Waals surface area contributed by atoms with E-state index in [1.165, 1.54) is 11.8 Å². The van der Waals surface area contributed by atoms with Gasteiger partial charge in [-0.1, -0.05) is 11.6 Å². The minimum Gasteiger partial charge on any atom is -0.480 e. The van der Waals surface area contributed by atoms with Crippen molar-refractivity contribution < 1.29 is 14.3 Å². The predicted octanol–water partition coefficient (Wildman–Crippen LogP) is 3.26. The Morgan fingerprint density at radius 2 is 1.92 bits per heavy atom. The van der Waals surface area contributed by atoms with Gasteiger partial charge >= 0.3 is 0 Å². The highest BCUT2D eigenvalue weighted by Gasteiger charge is 2.29. The third-order valence-electron chi connectivity index (χ3n) is 3.98. The molecule has 0 unspecified atom stereocenters. The summed E-state index contributed by atoms with van der Waals surface area (Å²) in [7, 11) is 1.70. The van der Waals surface area contributed by atoms with E-state index in [9.17, 15) is 9.59 Å². The third-order valence-corrected chi connectivity index (χ3v) is 4.22. The number of ether oxygens (including phenoxy) is 1. The summed E-state index contributed by atoms with van der Waals surface area (Å²) in [6, 6.07) is 12.4. The van der Waals surface area contributed by atoms with Gasteiger partial charge in [-0.15, -0.1) is 0 Å². The second-order valence-electron chi connectivity index (χ2n) is 5.68. The predicted molar refractivity (Wildman–Crippen MR) is 93.7 cm³/mol. The summed E-state index contributed by atoms with van der Waals surface area (Å²) in [6.45, 7) is 1.50. The van der Waals surface area contributed by atoms with Crippen molar-refractivity contribution in [3.05, 3.63) is 53.1 Å². The van der Waals surface area contributed by atoms with Crippen LogP contribution in [0.2, 0.25) is 5.02 Å². The van der Waals surface area contributed by atoms with Crippen molar-refractivity contribution >= 4 is 34.8 Å². The van der Waals surface area contributed by atoms with E-state index in [1.807, 2.05) is 6.07 Å². The molecule has 124 valence electrons. The molecule has 24 heavy (non-hydrogen) atoms. The number of amides is 2. The maximum Gasteiger partial charge on any atom is 0.265 e. The summed E-state index contributed by atoms with van der Waals surface area (Å²) in [6.07, 6.45) is -0.0783. The van der Waals surface area contributed by atoms with Crippen molar-refractivity contribution in [2.24, 2.45) is 0 Å². The molecule has 3 rings (SSSR count). The van der Waals surface area contributed by atoms with Crippen molar-refractivity contribution in [1.82, 2.24) is 0 Å². The minimum absolute atomic E-state index is 0.0532. The molecule has 6 heteroatoms. The molecule has 0 saturated heterocycles. The Hall–Kier alpha value is -2.53. The molecular formula is C18H17ClN2O3. The first-order valence-electron chi connectivity index (χ1n) is 7.54. The SMILES string of the molecule is CC(=O)N(C)c1ccc(NC(=O)[C@H]2Cc3cc(Cl)ccc3O2)cc1. The van der Waals surface area contributed by atoms with Crippen LogP contribution in [-0.2, 0) is 16.0 Å². The van der Waals surface area contributed by atoms with Gasteiger partial charge in [0.25, 0.3) is 5.91 Å². The van der Waals surface area contributed by atoms with Gasteiger partial charge in [0.2, 0.25) is 5.91 Å². The Morgan fingerprint density at radius 3 is 2.58 bits per heavy atom. The Balaban J connectivity index is 1.65. The largest absolute Gasteiger partial charge is 0.480 e. The molecule has 5 nitrogen and oxygen atoms in total. The fourth-order valence-electron chi connectivity index (χ4n) is 2.54. The molecule has 1 atom stereocenters. The third kappa shape index (κ3) is 3.36. The highest BCUT2D eigenvalue weighted by Crippen LogP contribution is 2.31. The zero-order valence-electron chi connectivity index (χ0n) is 13.4. The van der Waals surface area contributed by atoms with Crippen molar-refractivity contribution in [3.8, 4) is 5.75 Å². The number of benzene rings is 2. The molecule has 1 aliphatic rings. The first-order valence-corrected chi connectivity index (χ1v) is 7.92. The number of fused-ring (bicyclic) bond motifs is 1. The van der Waals surface area contributed by atoms with Gasteiger partial charge in [0.1, 0.15) is 5.75 Å². The molecule has 2 amide bonds. The van der Waals surface area contributed by atoms with Crippen molar-refractivity contribution in [2.45, 2.75) is 19.4 Å². The number of nitrogens with zero attached hydrogens (tertiary/aromatic N) is 1. The van der Waals surface area contributed by atoms with Crippen LogP contribution in [0.1, 0.15) is 12.5 Å². The summed E-state index contributed by atoms with van der Waals surface area (Å²) >= 11 is 5.96. The number of hydrogen-bond donors (Lipinski definition) is 1. The van der Waals surface area contributed by atoms with Gasteiger partial charge in [-0.2, -0.15) is 0 Å². The second kappa shape index (κ2) is 6.53. The minimum atomic E-state index is -0.571. The lowest BCUT2D eigenvalue weighted by molar-refractivity contribution is -0.122. The van der Waals surface area contributed by atoms with Crippen LogP contribution in [-0.4, -0.2) is 25.0 Å². The van der Waals surface area contributed by atoms with E-state index in [1.54, 1.807) is 43.4 Å². The average Bonchev–Trinajstić information content (AvgIpc) is 2.98. The molecule has 0 radical (unpaired) electrons. The number of rotatable bonds is 3. The molecule has 0 fully saturated rings. The van der Waals surface area contributed by atoms with E-state index in [0.29, 0.717) is 22.9 Å². The van der Waals surface area contributed by atoms with Gasteiger partial charge < -0.3 is 15.0 Å². The normalized spacial score (nSPS) is 15.4. The molecule has 1 heterocycles. The zero-order valence-corrected chi connectivity index (χ0v) is 14.1. The zero-order chi connectivity index (χ0) is 17.3.